The van der Waals surface area contributed by atoms with Gasteiger partial charge in [-0.15, -0.1) is 24.0 Å². The van der Waals surface area contributed by atoms with Crippen LogP contribution in [0, 0.1) is 0 Å². The van der Waals surface area contributed by atoms with Gasteiger partial charge in [0.2, 0.25) is 0 Å². The number of alkyl halides is 3. The molecule has 2 aromatic rings. The molecule has 0 spiro atoms. The summed E-state index contributed by atoms with van der Waals surface area (Å²) in [7, 11) is 1.65. The average Bonchev–Trinajstić information content (AvgIpc) is 3.03. The van der Waals surface area contributed by atoms with Crippen LogP contribution in [0.4, 0.5) is 13.2 Å². The second kappa shape index (κ2) is 9.55. The summed E-state index contributed by atoms with van der Waals surface area (Å²) in [5, 5.41) is 6.22. The van der Waals surface area contributed by atoms with Gasteiger partial charge in [0.05, 0.1) is 5.56 Å². The van der Waals surface area contributed by atoms with Gasteiger partial charge in [0.25, 0.3) is 0 Å². The lowest BCUT2D eigenvalue weighted by atomic mass is 10.1. The molecule has 24 heavy (non-hydrogen) atoms. The van der Waals surface area contributed by atoms with Crippen LogP contribution < -0.4 is 10.6 Å². The summed E-state index contributed by atoms with van der Waals surface area (Å²) in [5.74, 6) is 0.608. The Morgan fingerprint density at radius 3 is 2.25 bits per heavy atom. The number of nitrogens with zero attached hydrogens (tertiary/aromatic N) is 2. The highest BCUT2D eigenvalue weighted by molar-refractivity contribution is 14.0. The first-order chi connectivity index (χ1) is 11.0. The Hall–Kier alpha value is -1.71. The quantitative estimate of drug-likeness (QED) is 0.415. The Bertz CT molecular complexity index is 622. The molecule has 1 aromatic carbocycles. The molecule has 0 bridgehead atoms. The van der Waals surface area contributed by atoms with Crippen LogP contribution >= 0.6 is 24.0 Å². The van der Waals surface area contributed by atoms with Crippen molar-refractivity contribution in [2.75, 3.05) is 13.6 Å². The number of nitrogens with one attached hydrogen (secondary N) is 2. The molecule has 0 radical (unpaired) electrons. The summed E-state index contributed by atoms with van der Waals surface area (Å²) in [5.41, 5.74) is 0.113. The fourth-order valence-electron chi connectivity index (χ4n) is 2.04. The van der Waals surface area contributed by atoms with Gasteiger partial charge in [-0.25, -0.2) is 0 Å². The van der Waals surface area contributed by atoms with E-state index in [1.165, 1.54) is 12.1 Å². The van der Waals surface area contributed by atoms with Gasteiger partial charge in [0, 0.05) is 39.1 Å². The van der Waals surface area contributed by atoms with Crippen LogP contribution in [0.25, 0.3) is 0 Å². The summed E-state index contributed by atoms with van der Waals surface area (Å²) in [6, 6.07) is 9.00. The zero-order chi connectivity index (χ0) is 16.7. The van der Waals surface area contributed by atoms with Crippen molar-refractivity contribution in [3.05, 3.63) is 59.9 Å². The van der Waals surface area contributed by atoms with Crippen LogP contribution in [0.2, 0.25) is 0 Å². The van der Waals surface area contributed by atoms with Crippen molar-refractivity contribution in [1.29, 1.82) is 0 Å². The Morgan fingerprint density at radius 2 is 1.71 bits per heavy atom. The van der Waals surface area contributed by atoms with Gasteiger partial charge in [-0.3, -0.25) is 4.99 Å². The van der Waals surface area contributed by atoms with Crippen molar-refractivity contribution in [3.8, 4) is 0 Å². The summed E-state index contributed by atoms with van der Waals surface area (Å²) in [6.07, 6.45) is -0.359. The first-order valence-corrected chi connectivity index (χ1v) is 7.20. The van der Waals surface area contributed by atoms with E-state index in [1.807, 2.05) is 29.1 Å². The van der Waals surface area contributed by atoms with Gasteiger partial charge in [-0.05, 0) is 29.8 Å². The van der Waals surface area contributed by atoms with Gasteiger partial charge in [0.1, 0.15) is 0 Å². The zero-order valence-corrected chi connectivity index (χ0v) is 15.5. The molecule has 0 unspecified atom stereocenters. The van der Waals surface area contributed by atoms with Crippen molar-refractivity contribution >= 4 is 29.9 Å². The zero-order valence-electron chi connectivity index (χ0n) is 13.2. The molecule has 0 aliphatic rings. The Morgan fingerprint density at radius 1 is 1.08 bits per heavy atom. The van der Waals surface area contributed by atoms with Crippen LogP contribution in [-0.4, -0.2) is 24.1 Å². The number of aliphatic imine (C=N–C) groups is 1. The third-order valence-corrected chi connectivity index (χ3v) is 3.29. The SMILES string of the molecule is CN=C(NCCn1cccc1)NCc1ccc(C(F)(F)F)cc1.I. The van der Waals surface area contributed by atoms with Gasteiger partial charge in [-0.2, -0.15) is 13.2 Å². The van der Waals surface area contributed by atoms with Crippen molar-refractivity contribution in [2.24, 2.45) is 4.99 Å². The molecule has 1 aromatic heterocycles. The largest absolute Gasteiger partial charge is 0.416 e. The highest BCUT2D eigenvalue weighted by atomic mass is 127. The highest BCUT2D eigenvalue weighted by Gasteiger charge is 2.29. The van der Waals surface area contributed by atoms with Gasteiger partial charge in [0.15, 0.2) is 5.96 Å². The molecule has 0 aliphatic carbocycles. The normalized spacial score (nSPS) is 11.8. The number of guanidine groups is 1. The minimum absolute atomic E-state index is 0. The number of rotatable bonds is 5. The molecule has 0 saturated carbocycles. The van der Waals surface area contributed by atoms with Gasteiger partial charge < -0.3 is 15.2 Å². The van der Waals surface area contributed by atoms with E-state index in [9.17, 15) is 13.2 Å². The molecule has 8 heteroatoms. The first kappa shape index (κ1) is 20.3. The Labute approximate surface area is 156 Å². The number of hydrogen-bond donors (Lipinski definition) is 2. The summed E-state index contributed by atoms with van der Waals surface area (Å²) < 4.78 is 39.5. The summed E-state index contributed by atoms with van der Waals surface area (Å²) in [6.45, 7) is 1.90. The molecule has 0 fully saturated rings. The molecule has 0 amide bonds. The lowest BCUT2D eigenvalue weighted by Gasteiger charge is -2.13. The van der Waals surface area contributed by atoms with Gasteiger partial charge in [-0.1, -0.05) is 12.1 Å². The molecule has 132 valence electrons. The lowest BCUT2D eigenvalue weighted by Crippen LogP contribution is -2.38. The maximum Gasteiger partial charge on any atom is 0.416 e. The molecule has 4 nitrogen and oxygen atoms in total. The Balaban J connectivity index is 0.00000288. The predicted octanol–water partition coefficient (Wildman–Crippen LogP) is 3.49. The summed E-state index contributed by atoms with van der Waals surface area (Å²) in [4.78, 5) is 4.08. The second-order valence-electron chi connectivity index (χ2n) is 4.97. The van der Waals surface area contributed by atoms with Crippen LogP contribution in [-0.2, 0) is 19.3 Å². The summed E-state index contributed by atoms with van der Waals surface area (Å²) >= 11 is 0. The third-order valence-electron chi connectivity index (χ3n) is 3.29. The van der Waals surface area contributed by atoms with Gasteiger partial charge >= 0.3 is 6.18 Å². The van der Waals surface area contributed by atoms with E-state index < -0.39 is 11.7 Å². The monoisotopic (exact) mass is 452 g/mol. The van der Waals surface area contributed by atoms with E-state index >= 15 is 0 Å². The van der Waals surface area contributed by atoms with E-state index in [0.717, 1.165) is 24.2 Å². The second-order valence-corrected chi connectivity index (χ2v) is 4.97. The molecule has 0 atom stereocenters. The first-order valence-electron chi connectivity index (χ1n) is 7.20. The average molecular weight is 452 g/mol. The third kappa shape index (κ3) is 6.42. The van der Waals surface area contributed by atoms with Crippen molar-refractivity contribution < 1.29 is 13.2 Å². The molecule has 0 aliphatic heterocycles. The molecular weight excluding hydrogens is 432 g/mol. The predicted molar refractivity (Wildman–Crippen MR) is 99.5 cm³/mol. The van der Waals surface area contributed by atoms with Crippen molar-refractivity contribution in [3.63, 3.8) is 0 Å². The number of aromatic nitrogens is 1. The number of halogens is 4. The maximum absolute atomic E-state index is 12.5. The van der Waals surface area contributed by atoms with Crippen LogP contribution in [0.15, 0.2) is 53.8 Å². The van der Waals surface area contributed by atoms with Crippen LogP contribution in [0.5, 0.6) is 0 Å². The van der Waals surface area contributed by atoms with Crippen molar-refractivity contribution in [1.82, 2.24) is 15.2 Å². The molecule has 2 N–H and O–H groups in total. The van der Waals surface area contributed by atoms with Crippen LogP contribution in [0.1, 0.15) is 11.1 Å². The minimum atomic E-state index is -4.30. The van der Waals surface area contributed by atoms with E-state index in [-0.39, 0.29) is 24.0 Å². The van der Waals surface area contributed by atoms with Crippen molar-refractivity contribution in [2.45, 2.75) is 19.3 Å². The lowest BCUT2D eigenvalue weighted by molar-refractivity contribution is -0.137. The smallest absolute Gasteiger partial charge is 0.355 e. The van der Waals surface area contributed by atoms with E-state index in [2.05, 4.69) is 15.6 Å². The molecular formula is C16H20F3IN4. The number of hydrogen-bond acceptors (Lipinski definition) is 1. The maximum atomic E-state index is 12.5. The Kier molecular flexibility index (Phi) is 8.09. The fraction of sp³-hybridized carbons (Fsp3) is 0.312. The van der Waals surface area contributed by atoms with E-state index in [1.54, 1.807) is 7.05 Å². The highest BCUT2D eigenvalue weighted by Crippen LogP contribution is 2.28. The molecule has 0 saturated heterocycles. The molecule has 1 heterocycles. The minimum Gasteiger partial charge on any atom is -0.355 e. The molecule has 2 rings (SSSR count). The van der Waals surface area contributed by atoms with Crippen LogP contribution in [0.3, 0.4) is 0 Å². The van der Waals surface area contributed by atoms with E-state index in [0.29, 0.717) is 19.0 Å². The number of benzene rings is 1. The van der Waals surface area contributed by atoms with E-state index in [4.69, 9.17) is 0 Å². The fourth-order valence-corrected chi connectivity index (χ4v) is 2.04. The topological polar surface area (TPSA) is 41.4 Å². The standard InChI is InChI=1S/C16H19F3N4.HI/c1-20-15(21-8-11-23-9-2-3-10-23)22-12-13-4-6-14(7-5-13)16(17,18)19;/h2-7,9-10H,8,11-12H2,1H3,(H2,20,21,22);1H.